The molecule has 0 radical (unpaired) electrons. The number of benzene rings is 2. The van der Waals surface area contributed by atoms with Crippen molar-refractivity contribution in [1.29, 1.82) is 0 Å². The van der Waals surface area contributed by atoms with Crippen LogP contribution in [0, 0.1) is 0 Å². The monoisotopic (exact) mass is 387 g/mol. The van der Waals surface area contributed by atoms with Crippen molar-refractivity contribution in [2.45, 2.75) is 12.7 Å². The van der Waals surface area contributed by atoms with E-state index in [1.807, 2.05) is 12.1 Å². The predicted octanol–water partition coefficient (Wildman–Crippen LogP) is 2.71. The van der Waals surface area contributed by atoms with Crippen molar-refractivity contribution in [2.24, 2.45) is 0 Å². The number of anilines is 1. The van der Waals surface area contributed by atoms with Gasteiger partial charge >= 0.3 is 0 Å². The molecule has 2 aliphatic heterocycles. The number of rotatable bonds is 4. The number of amides is 3. The Bertz CT molecular complexity index is 1120. The van der Waals surface area contributed by atoms with Gasteiger partial charge in [-0.2, -0.15) is 0 Å². The third-order valence-corrected chi connectivity index (χ3v) is 5.24. The van der Waals surface area contributed by atoms with Gasteiger partial charge in [-0.1, -0.05) is 30.3 Å². The average molecular weight is 387 g/mol. The summed E-state index contributed by atoms with van der Waals surface area (Å²) in [6.07, 6.45) is 0.890. The fourth-order valence-corrected chi connectivity index (χ4v) is 3.94. The van der Waals surface area contributed by atoms with E-state index in [9.17, 15) is 14.4 Å². The van der Waals surface area contributed by atoms with E-state index >= 15 is 0 Å². The first-order valence-electron chi connectivity index (χ1n) is 9.27. The number of para-hydroxylation sites is 1. The number of nitrogens with one attached hydrogen (secondary N) is 1. The summed E-state index contributed by atoms with van der Waals surface area (Å²) in [5.41, 5.74) is 2.24. The summed E-state index contributed by atoms with van der Waals surface area (Å²) >= 11 is 0. The molecule has 0 fully saturated rings. The smallest absolute Gasteiger partial charge is 0.260 e. The van der Waals surface area contributed by atoms with Crippen LogP contribution in [0.15, 0.2) is 71.3 Å². The van der Waals surface area contributed by atoms with Gasteiger partial charge in [-0.15, -0.1) is 0 Å². The molecule has 7 heteroatoms. The van der Waals surface area contributed by atoms with Gasteiger partial charge in [0.2, 0.25) is 5.91 Å². The van der Waals surface area contributed by atoms with E-state index in [0.717, 1.165) is 5.56 Å². The molecule has 2 aliphatic rings. The Hall–Kier alpha value is -3.87. The fourth-order valence-electron chi connectivity index (χ4n) is 3.94. The Morgan fingerprint density at radius 3 is 2.48 bits per heavy atom. The summed E-state index contributed by atoms with van der Waals surface area (Å²) in [5, 5.41) is 2.76. The SMILES string of the molecule is O=C(CN1C(=O)c2ccccc2N2C(=O)c3ccccc3C12)NCc1ccco1. The van der Waals surface area contributed by atoms with Crippen LogP contribution in [0.3, 0.4) is 0 Å². The number of hydrogen-bond acceptors (Lipinski definition) is 4. The predicted molar refractivity (Wildman–Crippen MR) is 104 cm³/mol. The zero-order valence-corrected chi connectivity index (χ0v) is 15.4. The lowest BCUT2D eigenvalue weighted by molar-refractivity contribution is -0.122. The lowest BCUT2D eigenvalue weighted by atomic mass is 10.0. The van der Waals surface area contributed by atoms with Crippen LogP contribution in [0.5, 0.6) is 0 Å². The van der Waals surface area contributed by atoms with Crippen molar-refractivity contribution in [1.82, 2.24) is 10.2 Å². The summed E-state index contributed by atoms with van der Waals surface area (Å²) in [5.74, 6) is -0.159. The third-order valence-electron chi connectivity index (χ3n) is 5.24. The lowest BCUT2D eigenvalue weighted by Crippen LogP contribution is -2.51. The summed E-state index contributed by atoms with van der Waals surface area (Å²) < 4.78 is 5.22. The van der Waals surface area contributed by atoms with Crippen molar-refractivity contribution in [3.63, 3.8) is 0 Å². The molecular formula is C22H17N3O4. The van der Waals surface area contributed by atoms with E-state index in [1.165, 1.54) is 11.2 Å². The van der Waals surface area contributed by atoms with E-state index in [0.29, 0.717) is 22.6 Å². The van der Waals surface area contributed by atoms with Crippen LogP contribution in [0.25, 0.3) is 0 Å². The Morgan fingerprint density at radius 1 is 0.931 bits per heavy atom. The number of furan rings is 1. The van der Waals surface area contributed by atoms with E-state index < -0.39 is 6.17 Å². The number of nitrogens with zero attached hydrogens (tertiary/aromatic N) is 2. The maximum Gasteiger partial charge on any atom is 0.260 e. The maximum atomic E-state index is 13.2. The first kappa shape index (κ1) is 17.2. The van der Waals surface area contributed by atoms with E-state index in [2.05, 4.69) is 5.32 Å². The Labute approximate surface area is 166 Å². The van der Waals surface area contributed by atoms with Crippen molar-refractivity contribution in [3.05, 3.63) is 89.4 Å². The van der Waals surface area contributed by atoms with Crippen LogP contribution in [-0.2, 0) is 11.3 Å². The molecule has 0 bridgehead atoms. The van der Waals surface area contributed by atoms with Crippen LogP contribution >= 0.6 is 0 Å². The highest BCUT2D eigenvalue weighted by Gasteiger charge is 2.47. The number of carbonyl (C=O) groups is 3. The minimum atomic E-state index is -0.643. The largest absolute Gasteiger partial charge is 0.467 e. The molecule has 29 heavy (non-hydrogen) atoms. The van der Waals surface area contributed by atoms with Gasteiger partial charge in [-0.3, -0.25) is 19.3 Å². The number of fused-ring (bicyclic) bond motifs is 5. The van der Waals surface area contributed by atoms with E-state index in [-0.39, 0.29) is 30.8 Å². The molecule has 1 aromatic heterocycles. The molecule has 144 valence electrons. The summed E-state index contributed by atoms with van der Waals surface area (Å²) in [6.45, 7) is 0.0605. The van der Waals surface area contributed by atoms with Crippen molar-refractivity contribution >= 4 is 23.4 Å². The molecule has 0 aliphatic carbocycles. The zero-order chi connectivity index (χ0) is 20.0. The van der Waals surface area contributed by atoms with Crippen LogP contribution in [0.2, 0.25) is 0 Å². The topological polar surface area (TPSA) is 82.9 Å². The molecule has 3 heterocycles. The highest BCUT2D eigenvalue weighted by molar-refractivity contribution is 6.17. The van der Waals surface area contributed by atoms with Crippen molar-refractivity contribution in [2.75, 3.05) is 11.4 Å². The van der Waals surface area contributed by atoms with Gasteiger partial charge in [0, 0.05) is 11.1 Å². The van der Waals surface area contributed by atoms with Gasteiger partial charge in [-0.25, -0.2) is 0 Å². The number of hydrogen-bond donors (Lipinski definition) is 1. The van der Waals surface area contributed by atoms with Crippen LogP contribution in [0.1, 0.15) is 38.2 Å². The average Bonchev–Trinajstić information content (AvgIpc) is 3.37. The normalized spacial score (nSPS) is 17.0. The summed E-state index contributed by atoms with van der Waals surface area (Å²) in [4.78, 5) is 42.0. The highest BCUT2D eigenvalue weighted by Crippen LogP contribution is 2.44. The molecule has 7 nitrogen and oxygen atoms in total. The zero-order valence-electron chi connectivity index (χ0n) is 15.4. The minimum Gasteiger partial charge on any atom is -0.467 e. The van der Waals surface area contributed by atoms with Crippen molar-refractivity contribution in [3.8, 4) is 0 Å². The van der Waals surface area contributed by atoms with Gasteiger partial charge < -0.3 is 14.6 Å². The van der Waals surface area contributed by atoms with Crippen LogP contribution in [-0.4, -0.2) is 29.2 Å². The maximum absolute atomic E-state index is 13.2. The molecule has 0 saturated heterocycles. The second kappa shape index (κ2) is 6.63. The van der Waals surface area contributed by atoms with Crippen molar-refractivity contribution < 1.29 is 18.8 Å². The second-order valence-electron chi connectivity index (χ2n) is 6.94. The molecular weight excluding hydrogens is 370 g/mol. The van der Waals surface area contributed by atoms with E-state index in [1.54, 1.807) is 53.4 Å². The quantitative estimate of drug-likeness (QED) is 0.746. The highest BCUT2D eigenvalue weighted by atomic mass is 16.3. The molecule has 1 unspecified atom stereocenters. The molecule has 5 rings (SSSR count). The van der Waals surface area contributed by atoms with Gasteiger partial charge in [0.15, 0.2) is 0 Å². The summed E-state index contributed by atoms with van der Waals surface area (Å²) in [6, 6.07) is 17.7. The molecule has 3 aromatic rings. The first-order chi connectivity index (χ1) is 14.1. The standard InChI is InChI=1S/C22H17N3O4/c26-19(23-12-14-6-5-11-29-14)13-24-20-15-7-1-2-8-16(15)22(28)25(20)18-10-4-3-9-17(18)21(24)27/h1-11,20H,12-13H2,(H,23,26). The molecule has 2 aromatic carbocycles. The molecule has 3 amide bonds. The van der Waals surface area contributed by atoms with E-state index in [4.69, 9.17) is 4.42 Å². The lowest BCUT2D eigenvalue weighted by Gasteiger charge is -2.40. The van der Waals surface area contributed by atoms with Crippen LogP contribution in [0.4, 0.5) is 5.69 Å². The fraction of sp³-hybridized carbons (Fsp3) is 0.136. The number of carbonyl (C=O) groups excluding carboxylic acids is 3. The third kappa shape index (κ3) is 2.70. The van der Waals surface area contributed by atoms with Gasteiger partial charge in [-0.05, 0) is 30.3 Å². The second-order valence-corrected chi connectivity index (χ2v) is 6.94. The molecule has 1 atom stereocenters. The first-order valence-corrected chi connectivity index (χ1v) is 9.27. The van der Waals surface area contributed by atoms with Gasteiger partial charge in [0.1, 0.15) is 18.5 Å². The van der Waals surface area contributed by atoms with Crippen LogP contribution < -0.4 is 10.2 Å². The Kier molecular flexibility index (Phi) is 3.94. The Morgan fingerprint density at radius 2 is 1.69 bits per heavy atom. The summed E-state index contributed by atoms with van der Waals surface area (Å²) in [7, 11) is 0. The molecule has 1 N–H and O–H groups in total. The molecule has 0 saturated carbocycles. The minimum absolute atomic E-state index is 0.170. The van der Waals surface area contributed by atoms with Gasteiger partial charge in [0.25, 0.3) is 11.8 Å². The Balaban J connectivity index is 1.50. The molecule has 0 spiro atoms. The van der Waals surface area contributed by atoms with Gasteiger partial charge in [0.05, 0.1) is 24.1 Å².